The van der Waals surface area contributed by atoms with Crippen molar-refractivity contribution in [2.24, 2.45) is 5.73 Å². The molecule has 0 atom stereocenters. The first-order valence-electron chi connectivity index (χ1n) is 6.78. The van der Waals surface area contributed by atoms with E-state index in [1.54, 1.807) is 19.9 Å². The van der Waals surface area contributed by atoms with Gasteiger partial charge in [0, 0.05) is 18.7 Å². The summed E-state index contributed by atoms with van der Waals surface area (Å²) in [6.45, 7) is 7.79. The summed E-state index contributed by atoms with van der Waals surface area (Å²) in [6, 6.07) is 4.60. The van der Waals surface area contributed by atoms with Gasteiger partial charge in [0.05, 0.1) is 12.1 Å². The minimum atomic E-state index is -0.765. The molecular weight excluding hydrogens is 255 g/mol. The topological polar surface area (TPSA) is 49.5 Å². The van der Waals surface area contributed by atoms with Gasteiger partial charge < -0.3 is 10.8 Å². The molecule has 0 saturated carbocycles. The van der Waals surface area contributed by atoms with Gasteiger partial charge in [-0.05, 0) is 38.1 Å². The first-order valence-corrected chi connectivity index (χ1v) is 6.78. The van der Waals surface area contributed by atoms with E-state index in [1.807, 2.05) is 6.92 Å². The lowest BCUT2D eigenvalue weighted by molar-refractivity contribution is 0.0353. The maximum Gasteiger partial charge on any atom is 0.124 e. The van der Waals surface area contributed by atoms with Crippen LogP contribution in [0.25, 0.3) is 0 Å². The van der Waals surface area contributed by atoms with E-state index in [9.17, 15) is 9.50 Å². The highest BCUT2D eigenvalue weighted by Crippen LogP contribution is 2.15. The number of likely N-dealkylation sites (N-methyl/N-ethyl adjacent to an activating group) is 1. The molecule has 1 rings (SSSR count). The average Bonchev–Trinajstić information content (AvgIpc) is 2.36. The van der Waals surface area contributed by atoms with Crippen molar-refractivity contribution in [3.8, 4) is 11.8 Å². The van der Waals surface area contributed by atoms with E-state index >= 15 is 0 Å². The molecule has 1 aromatic carbocycles. The van der Waals surface area contributed by atoms with E-state index < -0.39 is 5.60 Å². The molecule has 4 heteroatoms. The number of rotatable bonds is 5. The zero-order valence-electron chi connectivity index (χ0n) is 12.4. The van der Waals surface area contributed by atoms with Gasteiger partial charge in [-0.25, -0.2) is 4.39 Å². The molecule has 0 radical (unpaired) electrons. The fraction of sp³-hybridized carbons (Fsp3) is 0.500. The van der Waals surface area contributed by atoms with Crippen LogP contribution in [-0.4, -0.2) is 35.2 Å². The summed E-state index contributed by atoms with van der Waals surface area (Å²) < 4.78 is 13.3. The van der Waals surface area contributed by atoms with E-state index in [0.29, 0.717) is 18.7 Å². The smallest absolute Gasteiger partial charge is 0.124 e. The molecule has 0 fully saturated rings. The van der Waals surface area contributed by atoms with Crippen LogP contribution >= 0.6 is 0 Å². The van der Waals surface area contributed by atoms with Gasteiger partial charge >= 0.3 is 0 Å². The third-order valence-corrected chi connectivity index (χ3v) is 2.85. The third kappa shape index (κ3) is 5.70. The van der Waals surface area contributed by atoms with Crippen LogP contribution < -0.4 is 5.73 Å². The highest BCUT2D eigenvalue weighted by Gasteiger charge is 2.18. The monoisotopic (exact) mass is 278 g/mol. The second-order valence-electron chi connectivity index (χ2n) is 5.42. The quantitative estimate of drug-likeness (QED) is 0.807. The minimum absolute atomic E-state index is 0.247. The molecule has 0 aliphatic carbocycles. The van der Waals surface area contributed by atoms with Crippen molar-refractivity contribution in [1.82, 2.24) is 4.90 Å². The second kappa shape index (κ2) is 7.39. The van der Waals surface area contributed by atoms with Gasteiger partial charge in [0.25, 0.3) is 0 Å². The van der Waals surface area contributed by atoms with E-state index in [0.717, 1.165) is 12.1 Å². The third-order valence-electron chi connectivity index (χ3n) is 2.85. The first kappa shape index (κ1) is 16.6. The Morgan fingerprint density at radius 1 is 1.40 bits per heavy atom. The number of nitrogens with two attached hydrogens (primary N) is 1. The molecule has 0 heterocycles. The molecular formula is C16H23FN2O. The molecule has 0 bridgehead atoms. The lowest BCUT2D eigenvalue weighted by atomic mass is 10.1. The fourth-order valence-corrected chi connectivity index (χ4v) is 2.02. The van der Waals surface area contributed by atoms with Crippen molar-refractivity contribution < 1.29 is 9.50 Å². The Labute approximate surface area is 120 Å². The lowest BCUT2D eigenvalue weighted by Gasteiger charge is -2.28. The van der Waals surface area contributed by atoms with Gasteiger partial charge in [-0.1, -0.05) is 24.8 Å². The Bertz CT molecular complexity index is 497. The number of hydrogen-bond donors (Lipinski definition) is 2. The van der Waals surface area contributed by atoms with Crippen LogP contribution in [0.4, 0.5) is 4.39 Å². The molecule has 0 aliphatic rings. The number of aliphatic hydroxyl groups is 1. The molecule has 0 aliphatic heterocycles. The predicted octanol–water partition coefficient (Wildman–Crippen LogP) is 1.73. The zero-order valence-corrected chi connectivity index (χ0v) is 12.4. The number of benzene rings is 1. The fourth-order valence-electron chi connectivity index (χ4n) is 2.02. The Morgan fingerprint density at radius 3 is 2.65 bits per heavy atom. The standard InChI is InChI=1S/C16H23FN2O/c1-4-19(12-16(2,3)20)11-14-7-8-15(17)10-13(14)6-5-9-18/h7-8,10,20H,4,9,11-12,18H2,1-3H3. The Balaban J connectivity index is 2.95. The van der Waals surface area contributed by atoms with Gasteiger partial charge in [-0.3, -0.25) is 4.90 Å². The van der Waals surface area contributed by atoms with E-state index in [1.165, 1.54) is 12.1 Å². The van der Waals surface area contributed by atoms with Crippen LogP contribution in [0.1, 0.15) is 31.9 Å². The summed E-state index contributed by atoms with van der Waals surface area (Å²) in [6.07, 6.45) is 0. The first-order chi connectivity index (χ1) is 9.35. The highest BCUT2D eigenvalue weighted by molar-refractivity contribution is 5.41. The van der Waals surface area contributed by atoms with Crippen molar-refractivity contribution in [1.29, 1.82) is 0 Å². The van der Waals surface area contributed by atoms with Gasteiger partial charge in [-0.15, -0.1) is 0 Å². The van der Waals surface area contributed by atoms with Crippen molar-refractivity contribution in [2.75, 3.05) is 19.6 Å². The molecule has 0 unspecified atom stereocenters. The van der Waals surface area contributed by atoms with Crippen molar-refractivity contribution in [3.63, 3.8) is 0 Å². The molecule has 0 saturated heterocycles. The van der Waals surface area contributed by atoms with Crippen LogP contribution in [0.2, 0.25) is 0 Å². The van der Waals surface area contributed by atoms with Gasteiger partial charge in [0.2, 0.25) is 0 Å². The summed E-state index contributed by atoms with van der Waals surface area (Å²) in [5.74, 6) is 5.35. The van der Waals surface area contributed by atoms with Crippen LogP contribution in [0, 0.1) is 17.7 Å². The molecule has 1 aromatic rings. The highest BCUT2D eigenvalue weighted by atomic mass is 19.1. The second-order valence-corrected chi connectivity index (χ2v) is 5.42. The molecule has 0 spiro atoms. The van der Waals surface area contributed by atoms with E-state index in [-0.39, 0.29) is 12.4 Å². The minimum Gasteiger partial charge on any atom is -0.389 e. The Hall–Kier alpha value is -1.41. The Kier molecular flexibility index (Phi) is 6.15. The molecule has 3 N–H and O–H groups in total. The summed E-state index contributed by atoms with van der Waals surface area (Å²) in [5.41, 5.74) is 6.20. The molecule has 0 aromatic heterocycles. The number of hydrogen-bond acceptors (Lipinski definition) is 3. The van der Waals surface area contributed by atoms with Crippen molar-refractivity contribution in [3.05, 3.63) is 35.1 Å². The Morgan fingerprint density at radius 2 is 2.10 bits per heavy atom. The predicted molar refractivity (Wildman–Crippen MR) is 79.6 cm³/mol. The van der Waals surface area contributed by atoms with Crippen molar-refractivity contribution >= 4 is 0 Å². The van der Waals surface area contributed by atoms with E-state index in [2.05, 4.69) is 16.7 Å². The van der Waals surface area contributed by atoms with Crippen molar-refractivity contribution in [2.45, 2.75) is 32.9 Å². The van der Waals surface area contributed by atoms with Gasteiger partial charge in [0.1, 0.15) is 5.82 Å². The molecule has 0 amide bonds. The normalized spacial score (nSPS) is 11.3. The SMILES string of the molecule is CCN(Cc1ccc(F)cc1C#CCN)CC(C)(C)O. The number of halogens is 1. The summed E-state index contributed by atoms with van der Waals surface area (Å²) in [5, 5.41) is 9.91. The molecule has 20 heavy (non-hydrogen) atoms. The summed E-state index contributed by atoms with van der Waals surface area (Å²) >= 11 is 0. The summed E-state index contributed by atoms with van der Waals surface area (Å²) in [4.78, 5) is 2.10. The molecule has 3 nitrogen and oxygen atoms in total. The van der Waals surface area contributed by atoms with Crippen LogP contribution in [0.15, 0.2) is 18.2 Å². The maximum atomic E-state index is 13.3. The van der Waals surface area contributed by atoms with Crippen LogP contribution in [0.5, 0.6) is 0 Å². The van der Waals surface area contributed by atoms with E-state index in [4.69, 9.17) is 5.73 Å². The van der Waals surface area contributed by atoms with Crippen LogP contribution in [0.3, 0.4) is 0 Å². The van der Waals surface area contributed by atoms with Gasteiger partial charge in [-0.2, -0.15) is 0 Å². The maximum absolute atomic E-state index is 13.3. The lowest BCUT2D eigenvalue weighted by Crippen LogP contribution is -2.38. The largest absolute Gasteiger partial charge is 0.389 e. The average molecular weight is 278 g/mol. The zero-order chi connectivity index (χ0) is 15.2. The number of nitrogens with zero attached hydrogens (tertiary/aromatic N) is 1. The van der Waals surface area contributed by atoms with Gasteiger partial charge in [0.15, 0.2) is 0 Å². The summed E-state index contributed by atoms with van der Waals surface area (Å²) in [7, 11) is 0. The van der Waals surface area contributed by atoms with Crippen LogP contribution in [-0.2, 0) is 6.54 Å². The molecule has 110 valence electrons.